The summed E-state index contributed by atoms with van der Waals surface area (Å²) in [5, 5.41) is 19.5. The minimum Gasteiger partial charge on any atom is -0.393 e. The zero-order chi connectivity index (χ0) is 23.6. The third kappa shape index (κ3) is 6.22. The lowest BCUT2D eigenvalue weighted by atomic mass is 9.96. The van der Waals surface area contributed by atoms with Gasteiger partial charge in [-0.3, -0.25) is 13.7 Å². The predicted molar refractivity (Wildman–Crippen MR) is 121 cm³/mol. The maximum absolute atomic E-state index is 13.1. The molecule has 13 heteroatoms. The number of halogens is 1. The van der Waals surface area contributed by atoms with E-state index in [2.05, 4.69) is 19.2 Å². The van der Waals surface area contributed by atoms with Crippen LogP contribution in [0.1, 0.15) is 39.5 Å². The molecule has 0 radical (unpaired) electrons. The van der Waals surface area contributed by atoms with Gasteiger partial charge in [-0.25, -0.2) is 15.1 Å². The molecule has 1 saturated carbocycles. The first-order chi connectivity index (χ1) is 15.7. The third-order valence-electron chi connectivity index (χ3n) is 5.54. The van der Waals surface area contributed by atoms with Gasteiger partial charge in [-0.1, -0.05) is 11.6 Å². The third-order valence-corrected chi connectivity index (χ3v) is 7.22. The number of carbonyl (C=O) groups excluding carboxylic acids is 1. The van der Waals surface area contributed by atoms with Crippen molar-refractivity contribution in [2.45, 2.75) is 31.9 Å². The number of ketones is 1. The van der Waals surface area contributed by atoms with Gasteiger partial charge in [0, 0.05) is 23.2 Å². The molecule has 0 unspecified atom stereocenters. The Morgan fingerprint density at radius 3 is 2.88 bits per heavy atom. The summed E-state index contributed by atoms with van der Waals surface area (Å²) in [7, 11) is -4.07. The Morgan fingerprint density at radius 1 is 1.33 bits per heavy atom. The van der Waals surface area contributed by atoms with Crippen LogP contribution in [0.3, 0.4) is 0 Å². The van der Waals surface area contributed by atoms with Crippen LogP contribution in [0.4, 0.5) is 0 Å². The lowest BCUT2D eigenvalue weighted by molar-refractivity contribution is 0.100. The number of thiophene rings is 1. The van der Waals surface area contributed by atoms with Gasteiger partial charge in [-0.2, -0.15) is 13.5 Å². The first-order valence-corrected chi connectivity index (χ1v) is 12.8. The summed E-state index contributed by atoms with van der Waals surface area (Å²) >= 11 is 7.42. The molecule has 3 aromatic rings. The van der Waals surface area contributed by atoms with Crippen molar-refractivity contribution in [1.82, 2.24) is 19.7 Å². The number of aliphatic hydroxyl groups is 1. The van der Waals surface area contributed by atoms with Crippen LogP contribution in [0, 0.1) is 11.8 Å². The van der Waals surface area contributed by atoms with Crippen molar-refractivity contribution < 1.29 is 22.5 Å². The van der Waals surface area contributed by atoms with E-state index in [1.807, 2.05) is 12.1 Å². The minimum absolute atomic E-state index is 0.00309. The highest BCUT2D eigenvalue weighted by Crippen LogP contribution is 2.34. The Balaban J connectivity index is 1.44. The molecule has 0 aromatic carbocycles. The standard InChI is InChI=1S/C20H22ClN5O5S2/c21-19-2-1-14(32-19)9-26-4-3-16(25-26)20(28)15-8-23-11-24-17(15)6-12-5-13(18(27)7-12)10-31-33(22,29)30/h1-4,8,11-13,18,27H,5-7,9-10H2,(H2,22,29,30)/t12-,13+,18-/m0/s1. The molecule has 0 spiro atoms. The smallest absolute Gasteiger partial charge is 0.333 e. The Bertz CT molecular complexity index is 1240. The molecule has 0 bridgehead atoms. The first-order valence-electron chi connectivity index (χ1n) is 10.1. The summed E-state index contributed by atoms with van der Waals surface area (Å²) in [6.07, 6.45) is 5.24. The topological polar surface area (TPSA) is 150 Å². The van der Waals surface area contributed by atoms with E-state index in [4.69, 9.17) is 16.7 Å². The van der Waals surface area contributed by atoms with E-state index in [0.717, 1.165) is 4.88 Å². The van der Waals surface area contributed by atoms with Crippen molar-refractivity contribution in [2.24, 2.45) is 17.0 Å². The number of aliphatic hydroxyl groups excluding tert-OH is 1. The zero-order valence-corrected chi connectivity index (χ0v) is 19.8. The molecule has 0 amide bonds. The first kappa shape index (κ1) is 23.9. The highest BCUT2D eigenvalue weighted by atomic mass is 35.5. The predicted octanol–water partition coefficient (Wildman–Crippen LogP) is 1.82. The van der Waals surface area contributed by atoms with E-state index in [-0.39, 0.29) is 29.9 Å². The van der Waals surface area contributed by atoms with Gasteiger partial charge in [-0.05, 0) is 43.4 Å². The molecule has 1 fully saturated rings. The van der Waals surface area contributed by atoms with Crippen LogP contribution in [0.15, 0.2) is 36.9 Å². The number of nitrogens with two attached hydrogens (primary N) is 1. The monoisotopic (exact) mass is 511 g/mol. The Morgan fingerprint density at radius 2 is 2.15 bits per heavy atom. The minimum atomic E-state index is -4.07. The van der Waals surface area contributed by atoms with Gasteiger partial charge >= 0.3 is 10.3 Å². The van der Waals surface area contributed by atoms with Crippen LogP contribution in [0.5, 0.6) is 0 Å². The lowest BCUT2D eigenvalue weighted by Gasteiger charge is -2.13. The molecular formula is C20H22ClN5O5S2. The SMILES string of the molecule is NS(=O)(=O)OC[C@H]1C[C@@H](Cc2ncncc2C(=O)c2ccn(Cc3ccc(Cl)s3)n2)C[C@@H]1O. The van der Waals surface area contributed by atoms with Gasteiger partial charge in [0.25, 0.3) is 0 Å². The molecule has 3 heterocycles. The van der Waals surface area contributed by atoms with Crippen LogP contribution in [0.2, 0.25) is 4.34 Å². The van der Waals surface area contributed by atoms with Crippen molar-refractivity contribution in [3.8, 4) is 0 Å². The molecule has 3 aromatic heterocycles. The molecule has 1 aliphatic carbocycles. The molecule has 176 valence electrons. The lowest BCUT2D eigenvalue weighted by Crippen LogP contribution is -2.24. The van der Waals surface area contributed by atoms with Crippen LogP contribution in [0.25, 0.3) is 0 Å². The quantitative estimate of drug-likeness (QED) is 0.413. The highest BCUT2D eigenvalue weighted by Gasteiger charge is 2.35. The van der Waals surface area contributed by atoms with Crippen molar-refractivity contribution in [3.05, 3.63) is 63.1 Å². The number of carbonyl (C=O) groups is 1. The average molecular weight is 512 g/mol. The maximum atomic E-state index is 13.1. The largest absolute Gasteiger partial charge is 0.393 e. The van der Waals surface area contributed by atoms with E-state index in [9.17, 15) is 18.3 Å². The molecule has 1 aliphatic rings. The second-order valence-electron chi connectivity index (χ2n) is 7.96. The van der Waals surface area contributed by atoms with Gasteiger partial charge in [0.15, 0.2) is 0 Å². The van der Waals surface area contributed by atoms with E-state index < -0.39 is 16.4 Å². The van der Waals surface area contributed by atoms with Crippen LogP contribution in [-0.4, -0.2) is 51.8 Å². The van der Waals surface area contributed by atoms with Gasteiger partial charge in [0.2, 0.25) is 5.78 Å². The summed E-state index contributed by atoms with van der Waals surface area (Å²) in [6, 6.07) is 5.38. The molecule has 4 rings (SSSR count). The number of hydrogen-bond acceptors (Lipinski definition) is 9. The average Bonchev–Trinajstić information content (AvgIpc) is 3.47. The van der Waals surface area contributed by atoms with Crippen molar-refractivity contribution in [1.29, 1.82) is 0 Å². The van der Waals surface area contributed by atoms with E-state index in [1.54, 1.807) is 16.9 Å². The summed E-state index contributed by atoms with van der Waals surface area (Å²) < 4.78 is 29.1. The van der Waals surface area contributed by atoms with Gasteiger partial charge in [0.1, 0.15) is 12.0 Å². The number of hydrogen-bond donors (Lipinski definition) is 2. The van der Waals surface area contributed by atoms with E-state index in [0.29, 0.717) is 41.4 Å². The van der Waals surface area contributed by atoms with E-state index >= 15 is 0 Å². The van der Waals surface area contributed by atoms with Crippen LogP contribution < -0.4 is 5.14 Å². The Hall–Kier alpha value is -2.22. The van der Waals surface area contributed by atoms with Crippen molar-refractivity contribution in [2.75, 3.05) is 6.61 Å². The number of aromatic nitrogens is 4. The van der Waals surface area contributed by atoms with Crippen molar-refractivity contribution in [3.63, 3.8) is 0 Å². The summed E-state index contributed by atoms with van der Waals surface area (Å²) in [5.74, 6) is -0.659. The van der Waals surface area contributed by atoms with Gasteiger partial charge < -0.3 is 5.11 Å². The van der Waals surface area contributed by atoms with Crippen LogP contribution in [-0.2, 0) is 27.5 Å². The second-order valence-corrected chi connectivity index (χ2v) is 11.0. The number of rotatable bonds is 9. The van der Waals surface area contributed by atoms with E-state index in [1.165, 1.54) is 23.9 Å². The molecule has 10 nitrogen and oxygen atoms in total. The fourth-order valence-electron chi connectivity index (χ4n) is 4.03. The molecule has 3 atom stereocenters. The second kappa shape index (κ2) is 9.95. The molecular weight excluding hydrogens is 490 g/mol. The molecule has 3 N–H and O–H groups in total. The summed E-state index contributed by atoms with van der Waals surface area (Å²) in [6.45, 7) is 0.323. The van der Waals surface area contributed by atoms with Crippen LogP contribution >= 0.6 is 22.9 Å². The number of nitrogens with zero attached hydrogens (tertiary/aromatic N) is 4. The molecule has 33 heavy (non-hydrogen) atoms. The fourth-order valence-corrected chi connectivity index (χ4v) is 5.47. The maximum Gasteiger partial charge on any atom is 0.333 e. The zero-order valence-electron chi connectivity index (χ0n) is 17.4. The normalized spacial score (nSPS) is 20.9. The van der Waals surface area contributed by atoms with Gasteiger partial charge in [0.05, 0.1) is 34.8 Å². The highest BCUT2D eigenvalue weighted by molar-refractivity contribution is 7.84. The molecule has 0 aliphatic heterocycles. The van der Waals surface area contributed by atoms with Crippen molar-refractivity contribution >= 4 is 39.0 Å². The summed E-state index contributed by atoms with van der Waals surface area (Å²) in [5.41, 5.74) is 1.18. The summed E-state index contributed by atoms with van der Waals surface area (Å²) in [4.78, 5) is 22.4. The Labute approximate surface area is 199 Å². The Kier molecular flexibility index (Phi) is 7.22. The van der Waals surface area contributed by atoms with Gasteiger partial charge in [-0.15, -0.1) is 11.3 Å². The fraction of sp³-hybridized carbons (Fsp3) is 0.400. The molecule has 0 saturated heterocycles.